The summed E-state index contributed by atoms with van der Waals surface area (Å²) in [7, 11) is 0. The molecule has 18 heavy (non-hydrogen) atoms. The number of benzene rings is 1. The van der Waals surface area contributed by atoms with Crippen LogP contribution in [0.5, 0.6) is 0 Å². The van der Waals surface area contributed by atoms with Gasteiger partial charge in [0.1, 0.15) is 17.5 Å². The quantitative estimate of drug-likeness (QED) is 0.750. The summed E-state index contributed by atoms with van der Waals surface area (Å²) in [6.45, 7) is 1.81. The molecule has 0 saturated carbocycles. The van der Waals surface area contributed by atoms with Crippen molar-refractivity contribution in [2.45, 2.75) is 6.92 Å². The standard InChI is InChI=1S/C12H8Br2F2N2/c1-6-7(13)2-3-12(17-6)18-11-5-9(15)8(14)4-10(11)16/h2-5H,1H3,(H,17,18). The maximum Gasteiger partial charge on any atom is 0.148 e. The van der Waals surface area contributed by atoms with Crippen LogP contribution in [0.25, 0.3) is 0 Å². The minimum atomic E-state index is -0.550. The van der Waals surface area contributed by atoms with Crippen molar-refractivity contribution in [2.24, 2.45) is 0 Å². The number of pyridine rings is 1. The molecule has 0 unspecified atom stereocenters. The lowest BCUT2D eigenvalue weighted by Gasteiger charge is -2.09. The molecule has 2 rings (SSSR count). The van der Waals surface area contributed by atoms with Crippen molar-refractivity contribution in [1.82, 2.24) is 4.98 Å². The average molecular weight is 378 g/mol. The molecule has 94 valence electrons. The van der Waals surface area contributed by atoms with E-state index in [4.69, 9.17) is 0 Å². The topological polar surface area (TPSA) is 24.9 Å². The number of nitrogens with one attached hydrogen (secondary N) is 1. The van der Waals surface area contributed by atoms with Crippen LogP contribution in [0.3, 0.4) is 0 Å². The average Bonchev–Trinajstić information content (AvgIpc) is 2.31. The molecule has 0 radical (unpaired) electrons. The third-order valence-corrected chi connectivity index (χ3v) is 3.74. The molecule has 2 nitrogen and oxygen atoms in total. The van der Waals surface area contributed by atoms with E-state index in [9.17, 15) is 8.78 Å². The van der Waals surface area contributed by atoms with Gasteiger partial charge in [-0.1, -0.05) is 0 Å². The molecule has 1 aromatic heterocycles. The first-order valence-corrected chi connectivity index (χ1v) is 6.60. The number of hydrogen-bond donors (Lipinski definition) is 1. The summed E-state index contributed by atoms with van der Waals surface area (Å²) in [6, 6.07) is 5.62. The van der Waals surface area contributed by atoms with Crippen LogP contribution in [0.1, 0.15) is 5.69 Å². The molecular formula is C12H8Br2F2N2. The van der Waals surface area contributed by atoms with Gasteiger partial charge in [0, 0.05) is 10.5 Å². The third-order valence-electron chi connectivity index (χ3n) is 2.29. The number of hydrogen-bond acceptors (Lipinski definition) is 2. The minimum Gasteiger partial charge on any atom is -0.338 e. The maximum atomic E-state index is 13.6. The van der Waals surface area contributed by atoms with E-state index >= 15 is 0 Å². The molecule has 0 aliphatic rings. The molecule has 1 aromatic carbocycles. The molecule has 0 aliphatic carbocycles. The van der Waals surface area contributed by atoms with E-state index in [0.29, 0.717) is 5.82 Å². The molecule has 0 saturated heterocycles. The SMILES string of the molecule is Cc1nc(Nc2cc(F)c(Br)cc2F)ccc1Br. The molecule has 1 N–H and O–H groups in total. The Balaban J connectivity index is 2.34. The third kappa shape index (κ3) is 2.87. The van der Waals surface area contributed by atoms with Crippen molar-refractivity contribution < 1.29 is 8.78 Å². The highest BCUT2D eigenvalue weighted by atomic mass is 79.9. The minimum absolute atomic E-state index is 0.0462. The van der Waals surface area contributed by atoms with Crippen LogP contribution >= 0.6 is 31.9 Å². The fraction of sp³-hybridized carbons (Fsp3) is 0.0833. The first kappa shape index (κ1) is 13.4. The van der Waals surface area contributed by atoms with E-state index < -0.39 is 11.6 Å². The molecule has 0 bridgehead atoms. The number of halogens is 4. The van der Waals surface area contributed by atoms with Gasteiger partial charge in [-0.2, -0.15) is 0 Å². The Morgan fingerprint density at radius 2 is 1.78 bits per heavy atom. The fourth-order valence-electron chi connectivity index (χ4n) is 1.37. The lowest BCUT2D eigenvalue weighted by molar-refractivity contribution is 0.597. The second-order valence-corrected chi connectivity index (χ2v) is 5.34. The predicted octanol–water partition coefficient (Wildman–Crippen LogP) is 4.94. The highest BCUT2D eigenvalue weighted by Gasteiger charge is 2.09. The summed E-state index contributed by atoms with van der Waals surface area (Å²) in [5.41, 5.74) is 0.808. The van der Waals surface area contributed by atoms with Crippen LogP contribution in [0.4, 0.5) is 20.3 Å². The lowest BCUT2D eigenvalue weighted by atomic mass is 10.3. The Morgan fingerprint density at radius 1 is 1.06 bits per heavy atom. The van der Waals surface area contributed by atoms with Gasteiger partial charge in [-0.3, -0.25) is 0 Å². The highest BCUT2D eigenvalue weighted by molar-refractivity contribution is 9.10. The van der Waals surface area contributed by atoms with Crippen LogP contribution in [0.15, 0.2) is 33.2 Å². The molecule has 0 amide bonds. The van der Waals surface area contributed by atoms with Crippen molar-refractivity contribution in [3.05, 3.63) is 50.5 Å². The highest BCUT2D eigenvalue weighted by Crippen LogP contribution is 2.26. The number of anilines is 2. The van der Waals surface area contributed by atoms with Gasteiger partial charge < -0.3 is 5.32 Å². The van der Waals surface area contributed by atoms with E-state index in [1.54, 1.807) is 12.1 Å². The van der Waals surface area contributed by atoms with Crippen LogP contribution in [0, 0.1) is 18.6 Å². The van der Waals surface area contributed by atoms with Gasteiger partial charge in [0.05, 0.1) is 15.9 Å². The largest absolute Gasteiger partial charge is 0.338 e. The van der Waals surface area contributed by atoms with Crippen molar-refractivity contribution in [3.63, 3.8) is 0 Å². The van der Waals surface area contributed by atoms with Gasteiger partial charge in [0.2, 0.25) is 0 Å². The molecule has 1 heterocycles. The van der Waals surface area contributed by atoms with Crippen molar-refractivity contribution in [3.8, 4) is 0 Å². The maximum absolute atomic E-state index is 13.6. The smallest absolute Gasteiger partial charge is 0.148 e. The fourth-order valence-corrected chi connectivity index (χ4v) is 1.91. The summed E-state index contributed by atoms with van der Waals surface area (Å²) in [5, 5.41) is 2.74. The second kappa shape index (κ2) is 5.32. The van der Waals surface area contributed by atoms with E-state index in [1.807, 2.05) is 6.92 Å². The van der Waals surface area contributed by atoms with Crippen LogP contribution in [0.2, 0.25) is 0 Å². The molecular weight excluding hydrogens is 370 g/mol. The van der Waals surface area contributed by atoms with Crippen molar-refractivity contribution in [2.75, 3.05) is 5.32 Å². The van der Waals surface area contributed by atoms with Gasteiger partial charge in [-0.25, -0.2) is 13.8 Å². The zero-order chi connectivity index (χ0) is 13.3. The van der Waals surface area contributed by atoms with Crippen molar-refractivity contribution in [1.29, 1.82) is 0 Å². The Morgan fingerprint density at radius 3 is 2.44 bits per heavy atom. The van der Waals surface area contributed by atoms with E-state index in [-0.39, 0.29) is 10.2 Å². The number of rotatable bonds is 2. The Hall–Kier alpha value is -1.01. The molecule has 0 fully saturated rings. The van der Waals surface area contributed by atoms with E-state index in [2.05, 4.69) is 42.2 Å². The number of nitrogens with zero attached hydrogens (tertiary/aromatic N) is 1. The lowest BCUT2D eigenvalue weighted by Crippen LogP contribution is -1.98. The normalized spacial score (nSPS) is 10.5. The summed E-state index contributed by atoms with van der Waals surface area (Å²) >= 11 is 6.24. The Bertz CT molecular complexity index is 603. The molecule has 0 spiro atoms. The van der Waals surface area contributed by atoms with Gasteiger partial charge >= 0.3 is 0 Å². The predicted molar refractivity (Wildman–Crippen MR) is 74.0 cm³/mol. The molecule has 0 atom stereocenters. The van der Waals surface area contributed by atoms with E-state index in [1.165, 1.54) is 0 Å². The summed E-state index contributed by atoms with van der Waals surface area (Å²) in [5.74, 6) is -0.630. The molecule has 2 aromatic rings. The van der Waals surface area contributed by atoms with E-state index in [0.717, 1.165) is 22.3 Å². The first-order valence-electron chi connectivity index (χ1n) is 5.02. The van der Waals surface area contributed by atoms with Crippen LogP contribution in [-0.2, 0) is 0 Å². The zero-order valence-electron chi connectivity index (χ0n) is 9.27. The number of aromatic nitrogens is 1. The second-order valence-electron chi connectivity index (χ2n) is 3.63. The monoisotopic (exact) mass is 376 g/mol. The van der Waals surface area contributed by atoms with Gasteiger partial charge in [-0.15, -0.1) is 0 Å². The molecule has 0 aliphatic heterocycles. The van der Waals surface area contributed by atoms with Crippen molar-refractivity contribution >= 4 is 43.4 Å². The van der Waals surface area contributed by atoms with Crippen LogP contribution < -0.4 is 5.32 Å². The van der Waals surface area contributed by atoms with Gasteiger partial charge in [-0.05, 0) is 57.0 Å². The molecule has 6 heteroatoms. The first-order chi connectivity index (χ1) is 8.47. The van der Waals surface area contributed by atoms with Crippen LogP contribution in [-0.4, -0.2) is 4.98 Å². The summed E-state index contributed by atoms with van der Waals surface area (Å²) < 4.78 is 27.9. The summed E-state index contributed by atoms with van der Waals surface area (Å²) in [6.07, 6.45) is 0. The Labute approximate surface area is 120 Å². The Kier molecular flexibility index (Phi) is 3.97. The number of aryl methyl sites for hydroxylation is 1. The summed E-state index contributed by atoms with van der Waals surface area (Å²) in [4.78, 5) is 4.20. The van der Waals surface area contributed by atoms with Gasteiger partial charge in [0.15, 0.2) is 0 Å². The zero-order valence-corrected chi connectivity index (χ0v) is 12.4. The van der Waals surface area contributed by atoms with Gasteiger partial charge in [0.25, 0.3) is 0 Å².